The van der Waals surface area contributed by atoms with Crippen LogP contribution in [0.3, 0.4) is 0 Å². The lowest BCUT2D eigenvalue weighted by atomic mass is 10.00. The molecule has 0 bridgehead atoms. The van der Waals surface area contributed by atoms with Crippen molar-refractivity contribution in [2.75, 3.05) is 13.7 Å². The molecule has 1 aromatic heterocycles. The van der Waals surface area contributed by atoms with Crippen LogP contribution in [0.15, 0.2) is 12.4 Å². The van der Waals surface area contributed by atoms with Gasteiger partial charge in [-0.05, 0) is 27.2 Å². The number of aryl methyl sites for hydroxylation is 1. The molecule has 17 heavy (non-hydrogen) atoms. The maximum absolute atomic E-state index is 5.42. The first-order valence-corrected chi connectivity index (χ1v) is 6.19. The second-order valence-electron chi connectivity index (χ2n) is 5.23. The zero-order chi connectivity index (χ0) is 12.9. The number of ether oxygens (including phenoxy) is 1. The van der Waals surface area contributed by atoms with E-state index in [1.165, 1.54) is 0 Å². The van der Waals surface area contributed by atoms with Crippen LogP contribution >= 0.6 is 0 Å². The monoisotopic (exact) mass is 239 g/mol. The molecule has 0 saturated carbocycles. The van der Waals surface area contributed by atoms with Crippen molar-refractivity contribution < 1.29 is 4.74 Å². The highest BCUT2D eigenvalue weighted by molar-refractivity contribution is 4.91. The molecule has 98 valence electrons. The molecule has 0 spiro atoms. The van der Waals surface area contributed by atoms with E-state index in [1.54, 1.807) is 7.11 Å². The van der Waals surface area contributed by atoms with E-state index in [-0.39, 0.29) is 5.60 Å². The maximum Gasteiger partial charge on any atom is 0.109 e. The summed E-state index contributed by atoms with van der Waals surface area (Å²) in [4.78, 5) is 4.30. The van der Waals surface area contributed by atoms with Crippen molar-refractivity contribution in [3.8, 4) is 0 Å². The normalized spacial score (nSPS) is 13.9. The van der Waals surface area contributed by atoms with Crippen molar-refractivity contribution >= 4 is 0 Å². The Labute approximate surface area is 104 Å². The Morgan fingerprint density at radius 2 is 2.24 bits per heavy atom. The van der Waals surface area contributed by atoms with Crippen LogP contribution in [0.5, 0.6) is 0 Å². The van der Waals surface area contributed by atoms with Gasteiger partial charge in [-0.1, -0.05) is 0 Å². The standard InChI is InChI=1S/C13H25N3O/c1-11(10-13(2,3)17-5)14-7-6-12-15-8-9-16(12)4/h8-9,11,14H,6-7,10H2,1-5H3. The van der Waals surface area contributed by atoms with Gasteiger partial charge >= 0.3 is 0 Å². The first kappa shape index (κ1) is 14.2. The van der Waals surface area contributed by atoms with E-state index in [0.717, 1.165) is 25.2 Å². The van der Waals surface area contributed by atoms with Gasteiger partial charge in [0.25, 0.3) is 0 Å². The molecule has 0 aromatic carbocycles. The largest absolute Gasteiger partial charge is 0.379 e. The number of rotatable bonds is 7. The molecule has 4 heteroatoms. The SMILES string of the molecule is COC(C)(C)CC(C)NCCc1nccn1C. The quantitative estimate of drug-likeness (QED) is 0.788. The number of imidazole rings is 1. The Bertz CT molecular complexity index is 333. The molecule has 1 aromatic rings. The first-order chi connectivity index (χ1) is 7.94. The summed E-state index contributed by atoms with van der Waals surface area (Å²) in [5.74, 6) is 1.12. The van der Waals surface area contributed by atoms with Crippen LogP contribution in [-0.2, 0) is 18.2 Å². The van der Waals surface area contributed by atoms with Gasteiger partial charge in [0, 0.05) is 45.6 Å². The van der Waals surface area contributed by atoms with E-state index in [4.69, 9.17) is 4.74 Å². The molecule has 0 aliphatic rings. The van der Waals surface area contributed by atoms with Gasteiger partial charge in [-0.3, -0.25) is 0 Å². The molecule has 0 radical (unpaired) electrons. The minimum absolute atomic E-state index is 0.0599. The average molecular weight is 239 g/mol. The molecule has 0 fully saturated rings. The third kappa shape index (κ3) is 4.88. The van der Waals surface area contributed by atoms with Crippen molar-refractivity contribution in [2.24, 2.45) is 7.05 Å². The van der Waals surface area contributed by atoms with Crippen molar-refractivity contribution in [3.05, 3.63) is 18.2 Å². The summed E-state index contributed by atoms with van der Waals surface area (Å²) in [6.07, 6.45) is 5.78. The van der Waals surface area contributed by atoms with Gasteiger partial charge < -0.3 is 14.6 Å². The summed E-state index contributed by atoms with van der Waals surface area (Å²) >= 11 is 0. The predicted octanol–water partition coefficient (Wildman–Crippen LogP) is 1.76. The smallest absolute Gasteiger partial charge is 0.109 e. The second kappa shape index (κ2) is 6.17. The molecular weight excluding hydrogens is 214 g/mol. The topological polar surface area (TPSA) is 39.1 Å². The second-order valence-corrected chi connectivity index (χ2v) is 5.23. The van der Waals surface area contributed by atoms with E-state index >= 15 is 0 Å². The zero-order valence-corrected chi connectivity index (χ0v) is 11.7. The van der Waals surface area contributed by atoms with Gasteiger partial charge in [0.05, 0.1) is 5.60 Å². The van der Waals surface area contributed by atoms with Crippen LogP contribution in [0.2, 0.25) is 0 Å². The third-order valence-electron chi connectivity index (χ3n) is 3.11. The van der Waals surface area contributed by atoms with Crippen molar-refractivity contribution in [1.82, 2.24) is 14.9 Å². The molecule has 0 amide bonds. The minimum Gasteiger partial charge on any atom is -0.379 e. The van der Waals surface area contributed by atoms with E-state index in [1.807, 2.05) is 19.4 Å². The Balaban J connectivity index is 2.25. The van der Waals surface area contributed by atoms with Crippen molar-refractivity contribution in [2.45, 2.75) is 45.3 Å². The number of nitrogens with zero attached hydrogens (tertiary/aromatic N) is 2. The van der Waals surface area contributed by atoms with Crippen LogP contribution in [-0.4, -0.2) is 34.8 Å². The summed E-state index contributed by atoms with van der Waals surface area (Å²) in [7, 11) is 3.79. The number of hydrogen-bond donors (Lipinski definition) is 1. The van der Waals surface area contributed by atoms with Gasteiger partial charge in [0.15, 0.2) is 0 Å². The lowest BCUT2D eigenvalue weighted by Gasteiger charge is -2.27. The molecular formula is C13H25N3O. The number of nitrogens with one attached hydrogen (secondary N) is 1. The molecule has 0 aliphatic heterocycles. The van der Waals surface area contributed by atoms with Crippen molar-refractivity contribution in [1.29, 1.82) is 0 Å². The van der Waals surface area contributed by atoms with E-state index in [2.05, 4.69) is 35.6 Å². The number of aromatic nitrogens is 2. The van der Waals surface area contributed by atoms with Gasteiger partial charge in [-0.2, -0.15) is 0 Å². The average Bonchev–Trinajstić information content (AvgIpc) is 2.64. The molecule has 4 nitrogen and oxygen atoms in total. The molecule has 1 rings (SSSR count). The lowest BCUT2D eigenvalue weighted by Crippen LogP contribution is -2.36. The Kier molecular flexibility index (Phi) is 5.15. The molecule has 0 aliphatic carbocycles. The molecule has 1 atom stereocenters. The zero-order valence-electron chi connectivity index (χ0n) is 11.7. The Hall–Kier alpha value is -0.870. The molecule has 1 unspecified atom stereocenters. The molecule has 1 heterocycles. The fraction of sp³-hybridized carbons (Fsp3) is 0.769. The Morgan fingerprint density at radius 3 is 2.76 bits per heavy atom. The van der Waals surface area contributed by atoms with Gasteiger partial charge in [0.1, 0.15) is 5.82 Å². The van der Waals surface area contributed by atoms with E-state index in [0.29, 0.717) is 6.04 Å². The molecule has 1 N–H and O–H groups in total. The summed E-state index contributed by atoms with van der Waals surface area (Å²) in [6, 6.07) is 0.449. The highest BCUT2D eigenvalue weighted by Crippen LogP contribution is 2.15. The van der Waals surface area contributed by atoms with Gasteiger partial charge in [-0.25, -0.2) is 4.98 Å². The van der Waals surface area contributed by atoms with Crippen LogP contribution in [0, 0.1) is 0 Å². The lowest BCUT2D eigenvalue weighted by molar-refractivity contribution is 0.00864. The summed E-state index contributed by atoms with van der Waals surface area (Å²) in [6.45, 7) is 7.37. The van der Waals surface area contributed by atoms with Gasteiger partial charge in [-0.15, -0.1) is 0 Å². The predicted molar refractivity (Wildman–Crippen MR) is 70.1 cm³/mol. The summed E-state index contributed by atoms with van der Waals surface area (Å²) in [5.41, 5.74) is -0.0599. The summed E-state index contributed by atoms with van der Waals surface area (Å²) in [5, 5.41) is 3.51. The minimum atomic E-state index is -0.0599. The first-order valence-electron chi connectivity index (χ1n) is 6.19. The van der Waals surface area contributed by atoms with Gasteiger partial charge in [0.2, 0.25) is 0 Å². The third-order valence-corrected chi connectivity index (χ3v) is 3.11. The molecule has 0 saturated heterocycles. The van der Waals surface area contributed by atoms with Crippen LogP contribution in [0.1, 0.15) is 33.0 Å². The highest BCUT2D eigenvalue weighted by Gasteiger charge is 2.19. The van der Waals surface area contributed by atoms with Crippen LogP contribution in [0.25, 0.3) is 0 Å². The number of hydrogen-bond acceptors (Lipinski definition) is 3. The van der Waals surface area contributed by atoms with E-state index < -0.39 is 0 Å². The fourth-order valence-electron chi connectivity index (χ4n) is 1.96. The maximum atomic E-state index is 5.42. The number of methoxy groups -OCH3 is 1. The van der Waals surface area contributed by atoms with Crippen molar-refractivity contribution in [3.63, 3.8) is 0 Å². The fourth-order valence-corrected chi connectivity index (χ4v) is 1.96. The highest BCUT2D eigenvalue weighted by atomic mass is 16.5. The Morgan fingerprint density at radius 1 is 1.53 bits per heavy atom. The van der Waals surface area contributed by atoms with E-state index in [9.17, 15) is 0 Å². The van der Waals surface area contributed by atoms with Crippen LogP contribution < -0.4 is 5.32 Å². The summed E-state index contributed by atoms with van der Waals surface area (Å²) < 4.78 is 7.48. The van der Waals surface area contributed by atoms with Crippen LogP contribution in [0.4, 0.5) is 0 Å².